The monoisotopic (exact) mass is 405 g/mol. The average molecular weight is 406 g/mol. The molecule has 1 saturated carbocycles. The first-order valence-corrected chi connectivity index (χ1v) is 11.7. The van der Waals surface area contributed by atoms with Crippen LogP contribution in [0.25, 0.3) is 10.2 Å². The van der Waals surface area contributed by atoms with E-state index >= 15 is 0 Å². The summed E-state index contributed by atoms with van der Waals surface area (Å²) in [6.07, 6.45) is 6.67. The fourth-order valence-corrected chi connectivity index (χ4v) is 6.48. The standard InChI is InChI=1S/C20H27N3O2S2/c1-11-6-4-8-14(12(11)2)21-16(24)10-26-20-22-18-17(19(25)23(20)3)13-7-5-9-15(13)27-18/h11-12,14H,4-10H2,1-3H3,(H,21,24)/t11-,12-,14+/m1/s1. The van der Waals surface area contributed by atoms with Crippen LogP contribution in [0.4, 0.5) is 0 Å². The lowest BCUT2D eigenvalue weighted by Gasteiger charge is -2.34. The largest absolute Gasteiger partial charge is 0.352 e. The minimum Gasteiger partial charge on any atom is -0.352 e. The molecule has 5 nitrogen and oxygen atoms in total. The Balaban J connectivity index is 1.47. The molecular weight excluding hydrogens is 378 g/mol. The molecule has 0 bridgehead atoms. The summed E-state index contributed by atoms with van der Waals surface area (Å²) in [5.74, 6) is 1.51. The molecule has 0 saturated heterocycles. The summed E-state index contributed by atoms with van der Waals surface area (Å²) >= 11 is 3.01. The number of carbonyl (C=O) groups excluding carboxylic acids is 1. The quantitative estimate of drug-likeness (QED) is 0.624. The number of thiophene rings is 1. The van der Waals surface area contributed by atoms with Gasteiger partial charge in [0.15, 0.2) is 5.16 Å². The minimum absolute atomic E-state index is 0.0250. The average Bonchev–Trinajstić information content (AvgIpc) is 3.21. The van der Waals surface area contributed by atoms with Crippen molar-refractivity contribution in [2.24, 2.45) is 18.9 Å². The van der Waals surface area contributed by atoms with Gasteiger partial charge in [0.2, 0.25) is 5.91 Å². The van der Waals surface area contributed by atoms with E-state index < -0.39 is 0 Å². The van der Waals surface area contributed by atoms with Gasteiger partial charge in [0, 0.05) is 18.0 Å². The van der Waals surface area contributed by atoms with Crippen LogP contribution >= 0.6 is 23.1 Å². The van der Waals surface area contributed by atoms with E-state index in [9.17, 15) is 9.59 Å². The highest BCUT2D eigenvalue weighted by atomic mass is 32.2. The van der Waals surface area contributed by atoms with Crippen molar-refractivity contribution in [1.29, 1.82) is 0 Å². The van der Waals surface area contributed by atoms with Gasteiger partial charge in [0.05, 0.1) is 11.1 Å². The molecule has 27 heavy (non-hydrogen) atoms. The Labute approximate surface area is 167 Å². The van der Waals surface area contributed by atoms with E-state index in [1.807, 2.05) is 0 Å². The van der Waals surface area contributed by atoms with Gasteiger partial charge in [-0.25, -0.2) is 4.98 Å². The summed E-state index contributed by atoms with van der Waals surface area (Å²) in [4.78, 5) is 32.1. The van der Waals surface area contributed by atoms with Crippen LogP contribution in [0.15, 0.2) is 9.95 Å². The van der Waals surface area contributed by atoms with Crippen molar-refractivity contribution >= 4 is 39.2 Å². The Morgan fingerprint density at radius 2 is 2.11 bits per heavy atom. The summed E-state index contributed by atoms with van der Waals surface area (Å²) in [5, 5.41) is 4.63. The number of carbonyl (C=O) groups is 1. The van der Waals surface area contributed by atoms with Crippen molar-refractivity contribution in [3.63, 3.8) is 0 Å². The first kappa shape index (κ1) is 19.0. The van der Waals surface area contributed by atoms with Gasteiger partial charge in [-0.2, -0.15) is 0 Å². The van der Waals surface area contributed by atoms with Gasteiger partial charge in [0.1, 0.15) is 4.83 Å². The molecule has 0 aliphatic heterocycles. The molecule has 1 fully saturated rings. The molecule has 2 aromatic rings. The SMILES string of the molecule is C[C@@H]1[C@H](C)CCC[C@@H]1NC(=O)CSc1nc2sc3c(c2c(=O)n1C)CCC3. The zero-order valence-corrected chi connectivity index (χ0v) is 17.8. The van der Waals surface area contributed by atoms with Crippen molar-refractivity contribution in [3.05, 3.63) is 20.8 Å². The van der Waals surface area contributed by atoms with Crippen LogP contribution in [0.5, 0.6) is 0 Å². The number of fused-ring (bicyclic) bond motifs is 3. The molecule has 2 aromatic heterocycles. The lowest BCUT2D eigenvalue weighted by molar-refractivity contribution is -0.120. The molecule has 4 rings (SSSR count). The van der Waals surface area contributed by atoms with Crippen molar-refractivity contribution in [3.8, 4) is 0 Å². The minimum atomic E-state index is 0.0250. The predicted molar refractivity (Wildman–Crippen MR) is 112 cm³/mol. The van der Waals surface area contributed by atoms with E-state index in [2.05, 4.69) is 19.2 Å². The van der Waals surface area contributed by atoms with Crippen LogP contribution in [0.1, 0.15) is 50.0 Å². The zero-order valence-electron chi connectivity index (χ0n) is 16.2. The van der Waals surface area contributed by atoms with Crippen molar-refractivity contribution in [1.82, 2.24) is 14.9 Å². The first-order valence-electron chi connectivity index (χ1n) is 9.89. The predicted octanol–water partition coefficient (Wildman–Crippen LogP) is 3.52. The molecule has 2 aliphatic carbocycles. The summed E-state index contributed by atoms with van der Waals surface area (Å²) < 4.78 is 1.61. The van der Waals surface area contributed by atoms with E-state index in [4.69, 9.17) is 4.98 Å². The third-order valence-corrected chi connectivity index (χ3v) is 8.51. The van der Waals surface area contributed by atoms with Crippen molar-refractivity contribution < 1.29 is 4.79 Å². The van der Waals surface area contributed by atoms with Gasteiger partial charge in [-0.15, -0.1) is 11.3 Å². The number of aromatic nitrogens is 2. The Kier molecular flexibility index (Phi) is 5.34. The molecule has 3 atom stereocenters. The Morgan fingerprint density at radius 3 is 2.93 bits per heavy atom. The second kappa shape index (κ2) is 7.59. The number of amides is 1. The number of rotatable bonds is 4. The highest BCUT2D eigenvalue weighted by Gasteiger charge is 2.28. The maximum atomic E-state index is 12.8. The molecule has 0 aromatic carbocycles. The fraction of sp³-hybridized carbons (Fsp3) is 0.650. The van der Waals surface area contributed by atoms with Crippen LogP contribution in [0, 0.1) is 11.8 Å². The molecular formula is C20H27N3O2S2. The maximum absolute atomic E-state index is 12.8. The summed E-state index contributed by atoms with van der Waals surface area (Å²) in [7, 11) is 1.76. The molecule has 2 heterocycles. The number of hydrogen-bond acceptors (Lipinski definition) is 5. The van der Waals surface area contributed by atoms with Gasteiger partial charge in [-0.3, -0.25) is 14.2 Å². The fourth-order valence-electron chi connectivity index (χ4n) is 4.40. The van der Waals surface area contributed by atoms with Crippen LogP contribution < -0.4 is 10.9 Å². The molecule has 146 valence electrons. The highest BCUT2D eigenvalue weighted by molar-refractivity contribution is 7.99. The molecule has 0 unspecified atom stereocenters. The van der Waals surface area contributed by atoms with Gasteiger partial charge in [-0.05, 0) is 43.1 Å². The van der Waals surface area contributed by atoms with E-state index in [0.29, 0.717) is 22.7 Å². The molecule has 7 heteroatoms. The topological polar surface area (TPSA) is 64.0 Å². The van der Waals surface area contributed by atoms with Crippen LogP contribution in [-0.2, 0) is 24.7 Å². The molecule has 1 amide bonds. The number of hydrogen-bond donors (Lipinski definition) is 1. The van der Waals surface area contributed by atoms with E-state index in [1.54, 1.807) is 23.0 Å². The molecule has 0 radical (unpaired) electrons. The van der Waals surface area contributed by atoms with Gasteiger partial charge >= 0.3 is 0 Å². The number of thioether (sulfide) groups is 1. The van der Waals surface area contributed by atoms with Crippen LogP contribution in [0.3, 0.4) is 0 Å². The maximum Gasteiger partial charge on any atom is 0.262 e. The second-order valence-electron chi connectivity index (χ2n) is 8.03. The summed E-state index contributed by atoms with van der Waals surface area (Å²) in [6, 6.07) is 0.265. The zero-order chi connectivity index (χ0) is 19.1. The second-order valence-corrected chi connectivity index (χ2v) is 10.1. The van der Waals surface area contributed by atoms with E-state index in [-0.39, 0.29) is 17.5 Å². The summed E-state index contributed by atoms with van der Waals surface area (Å²) in [6.45, 7) is 4.50. The number of aryl methyl sites for hydroxylation is 2. The van der Waals surface area contributed by atoms with Crippen molar-refractivity contribution in [2.45, 2.75) is 63.6 Å². The highest BCUT2D eigenvalue weighted by Crippen LogP contribution is 2.35. The number of nitrogens with one attached hydrogen (secondary N) is 1. The first-order chi connectivity index (χ1) is 13.0. The van der Waals surface area contributed by atoms with Gasteiger partial charge in [-0.1, -0.05) is 38.5 Å². The smallest absolute Gasteiger partial charge is 0.262 e. The molecule has 2 aliphatic rings. The van der Waals surface area contributed by atoms with Crippen LogP contribution in [0.2, 0.25) is 0 Å². The third kappa shape index (κ3) is 3.56. The molecule has 0 spiro atoms. The third-order valence-electron chi connectivity index (χ3n) is 6.29. The van der Waals surface area contributed by atoms with E-state index in [0.717, 1.165) is 35.9 Å². The Hall–Kier alpha value is -1.34. The lowest BCUT2D eigenvalue weighted by atomic mass is 9.78. The van der Waals surface area contributed by atoms with E-state index in [1.165, 1.54) is 35.0 Å². The molecule has 1 N–H and O–H groups in total. The number of nitrogens with zero attached hydrogens (tertiary/aromatic N) is 2. The lowest BCUT2D eigenvalue weighted by Crippen LogP contribution is -2.44. The van der Waals surface area contributed by atoms with Gasteiger partial charge in [0.25, 0.3) is 5.56 Å². The van der Waals surface area contributed by atoms with Crippen LogP contribution in [-0.4, -0.2) is 27.3 Å². The normalized spacial score (nSPS) is 24.9. The Bertz CT molecular complexity index is 933. The Morgan fingerprint density at radius 1 is 1.30 bits per heavy atom. The summed E-state index contributed by atoms with van der Waals surface area (Å²) in [5.41, 5.74) is 1.23. The van der Waals surface area contributed by atoms with Gasteiger partial charge < -0.3 is 5.32 Å². The van der Waals surface area contributed by atoms with Crippen molar-refractivity contribution in [2.75, 3.05) is 5.75 Å².